The number of rotatable bonds is 4. The summed E-state index contributed by atoms with van der Waals surface area (Å²) in [5.41, 5.74) is 0.213. The van der Waals surface area contributed by atoms with E-state index < -0.39 is 5.82 Å². The number of hydrogen-bond donors (Lipinski definition) is 2. The van der Waals surface area contributed by atoms with Gasteiger partial charge in [0.05, 0.1) is 11.8 Å². The first-order valence-electron chi connectivity index (χ1n) is 7.01. The van der Waals surface area contributed by atoms with Crippen molar-refractivity contribution in [2.45, 2.75) is 25.9 Å². The third-order valence-electron chi connectivity index (χ3n) is 3.81. The fourth-order valence-electron chi connectivity index (χ4n) is 2.35. The molecule has 2 atom stereocenters. The molecule has 2 unspecified atom stereocenters. The van der Waals surface area contributed by atoms with Gasteiger partial charge in [0, 0.05) is 19.5 Å². The van der Waals surface area contributed by atoms with Crippen LogP contribution in [0.5, 0.6) is 0 Å². The van der Waals surface area contributed by atoms with Gasteiger partial charge in [-0.1, -0.05) is 19.1 Å². The van der Waals surface area contributed by atoms with Crippen LogP contribution in [0.15, 0.2) is 24.3 Å². The number of carbonyl (C=O) groups excluding carboxylic acids is 1. The Kier molecular flexibility index (Phi) is 5.09. The normalized spacial score (nSPS) is 23.6. The Morgan fingerprint density at radius 2 is 2.25 bits per heavy atom. The van der Waals surface area contributed by atoms with Crippen molar-refractivity contribution in [3.05, 3.63) is 30.1 Å². The lowest BCUT2D eigenvalue weighted by Gasteiger charge is -2.34. The molecule has 0 bridgehead atoms. The molecule has 0 radical (unpaired) electrons. The van der Waals surface area contributed by atoms with Crippen LogP contribution in [0.25, 0.3) is 0 Å². The SMILES string of the molecule is CC1CCN(CCC(=O)Nc2ccccc2F)CC1O. The predicted octanol–water partition coefficient (Wildman–Crippen LogP) is 1.86. The summed E-state index contributed by atoms with van der Waals surface area (Å²) in [5.74, 6) is -0.315. The summed E-state index contributed by atoms with van der Waals surface area (Å²) in [5, 5.41) is 12.4. The second-order valence-corrected chi connectivity index (χ2v) is 5.41. The molecule has 5 heteroatoms. The molecule has 1 aliphatic heterocycles. The molecule has 20 heavy (non-hydrogen) atoms. The molecule has 0 aromatic heterocycles. The highest BCUT2D eigenvalue weighted by atomic mass is 19.1. The molecule has 1 aromatic rings. The molecule has 4 nitrogen and oxygen atoms in total. The number of aliphatic hydroxyl groups excluding tert-OH is 1. The van der Waals surface area contributed by atoms with Crippen LogP contribution in [0, 0.1) is 11.7 Å². The van der Waals surface area contributed by atoms with E-state index in [9.17, 15) is 14.3 Å². The van der Waals surface area contributed by atoms with Gasteiger partial charge >= 0.3 is 0 Å². The molecule has 1 saturated heterocycles. The van der Waals surface area contributed by atoms with Crippen molar-refractivity contribution in [1.29, 1.82) is 0 Å². The fourth-order valence-corrected chi connectivity index (χ4v) is 2.35. The van der Waals surface area contributed by atoms with E-state index in [0.717, 1.165) is 13.0 Å². The number of para-hydroxylation sites is 1. The number of aliphatic hydroxyl groups is 1. The molecule has 1 heterocycles. The van der Waals surface area contributed by atoms with E-state index >= 15 is 0 Å². The van der Waals surface area contributed by atoms with E-state index in [2.05, 4.69) is 10.2 Å². The van der Waals surface area contributed by atoms with Crippen LogP contribution in [0.3, 0.4) is 0 Å². The number of benzene rings is 1. The van der Waals surface area contributed by atoms with Gasteiger partial charge in [0.2, 0.25) is 5.91 Å². The van der Waals surface area contributed by atoms with Gasteiger partial charge < -0.3 is 15.3 Å². The van der Waals surface area contributed by atoms with Crippen molar-refractivity contribution in [2.75, 3.05) is 25.0 Å². The smallest absolute Gasteiger partial charge is 0.225 e. The standard InChI is InChI=1S/C15H21FN2O2/c1-11-6-8-18(10-14(11)19)9-7-15(20)17-13-5-3-2-4-12(13)16/h2-5,11,14,19H,6-10H2,1H3,(H,17,20). The van der Waals surface area contributed by atoms with Gasteiger partial charge in [-0.15, -0.1) is 0 Å². The maximum absolute atomic E-state index is 13.4. The lowest BCUT2D eigenvalue weighted by atomic mass is 9.96. The number of likely N-dealkylation sites (tertiary alicyclic amines) is 1. The molecule has 110 valence electrons. The zero-order chi connectivity index (χ0) is 14.5. The largest absolute Gasteiger partial charge is 0.392 e. The Balaban J connectivity index is 1.77. The van der Waals surface area contributed by atoms with Crippen LogP contribution in [0.1, 0.15) is 19.8 Å². The van der Waals surface area contributed by atoms with Crippen molar-refractivity contribution in [2.24, 2.45) is 5.92 Å². The Morgan fingerprint density at radius 3 is 2.95 bits per heavy atom. The van der Waals surface area contributed by atoms with Crippen molar-refractivity contribution < 1.29 is 14.3 Å². The predicted molar refractivity (Wildman–Crippen MR) is 75.9 cm³/mol. The highest BCUT2D eigenvalue weighted by Gasteiger charge is 2.24. The Hall–Kier alpha value is -1.46. The Labute approximate surface area is 118 Å². The third-order valence-corrected chi connectivity index (χ3v) is 3.81. The Morgan fingerprint density at radius 1 is 1.50 bits per heavy atom. The highest BCUT2D eigenvalue weighted by Crippen LogP contribution is 2.17. The number of piperidine rings is 1. The molecule has 2 rings (SSSR count). The minimum Gasteiger partial charge on any atom is -0.392 e. The maximum atomic E-state index is 13.4. The Bertz CT molecular complexity index is 467. The summed E-state index contributed by atoms with van der Waals surface area (Å²) in [7, 11) is 0. The quantitative estimate of drug-likeness (QED) is 0.885. The number of nitrogens with one attached hydrogen (secondary N) is 1. The van der Waals surface area contributed by atoms with Crippen LogP contribution in [0.2, 0.25) is 0 Å². The number of anilines is 1. The van der Waals surface area contributed by atoms with Gasteiger partial charge in [0.1, 0.15) is 5.82 Å². The number of halogens is 1. The molecular weight excluding hydrogens is 259 g/mol. The molecule has 1 fully saturated rings. The molecule has 1 aromatic carbocycles. The van der Waals surface area contributed by atoms with Crippen LogP contribution in [-0.2, 0) is 4.79 Å². The number of nitrogens with zero attached hydrogens (tertiary/aromatic N) is 1. The van der Waals surface area contributed by atoms with Gasteiger partial charge in [-0.3, -0.25) is 4.79 Å². The first-order chi connectivity index (χ1) is 9.56. The minimum absolute atomic E-state index is 0.205. The minimum atomic E-state index is -0.428. The first kappa shape index (κ1) is 14.9. The molecular formula is C15H21FN2O2. The average Bonchev–Trinajstić information content (AvgIpc) is 2.43. The second kappa shape index (κ2) is 6.81. The molecule has 1 aliphatic rings. The van der Waals surface area contributed by atoms with Crippen LogP contribution in [0.4, 0.5) is 10.1 Å². The second-order valence-electron chi connectivity index (χ2n) is 5.41. The lowest BCUT2D eigenvalue weighted by molar-refractivity contribution is -0.116. The summed E-state index contributed by atoms with van der Waals surface area (Å²) < 4.78 is 13.4. The van der Waals surface area contributed by atoms with Gasteiger partial charge in [0.15, 0.2) is 0 Å². The van der Waals surface area contributed by atoms with E-state index in [0.29, 0.717) is 25.4 Å². The van der Waals surface area contributed by atoms with Crippen LogP contribution in [-0.4, -0.2) is 41.7 Å². The topological polar surface area (TPSA) is 52.6 Å². The summed E-state index contributed by atoms with van der Waals surface area (Å²) >= 11 is 0. The van der Waals surface area contributed by atoms with Crippen molar-refractivity contribution >= 4 is 11.6 Å². The van der Waals surface area contributed by atoms with Gasteiger partial charge in [-0.05, 0) is 31.0 Å². The van der Waals surface area contributed by atoms with Crippen molar-refractivity contribution in [3.63, 3.8) is 0 Å². The monoisotopic (exact) mass is 280 g/mol. The fraction of sp³-hybridized carbons (Fsp3) is 0.533. The summed E-state index contributed by atoms with van der Waals surface area (Å²) in [6.07, 6.45) is 0.921. The molecule has 0 saturated carbocycles. The molecule has 0 aliphatic carbocycles. The number of β-amino-alcohol motifs (C(OH)–C–C–N with tert-alkyl or cyclic N) is 1. The lowest BCUT2D eigenvalue weighted by Crippen LogP contribution is -2.43. The van der Waals surface area contributed by atoms with E-state index in [1.165, 1.54) is 6.07 Å². The zero-order valence-electron chi connectivity index (χ0n) is 11.7. The molecule has 0 spiro atoms. The number of carbonyl (C=O) groups is 1. The van der Waals surface area contributed by atoms with Gasteiger partial charge in [0.25, 0.3) is 0 Å². The van der Waals surface area contributed by atoms with Crippen molar-refractivity contribution in [1.82, 2.24) is 4.90 Å². The van der Waals surface area contributed by atoms with Gasteiger partial charge in [-0.2, -0.15) is 0 Å². The van der Waals surface area contributed by atoms with Crippen LogP contribution < -0.4 is 5.32 Å². The van der Waals surface area contributed by atoms with Gasteiger partial charge in [-0.25, -0.2) is 4.39 Å². The summed E-state index contributed by atoms with van der Waals surface area (Å²) in [6, 6.07) is 6.12. The zero-order valence-corrected chi connectivity index (χ0v) is 11.7. The maximum Gasteiger partial charge on any atom is 0.225 e. The number of amides is 1. The first-order valence-corrected chi connectivity index (χ1v) is 7.01. The number of hydrogen-bond acceptors (Lipinski definition) is 3. The molecule has 2 N–H and O–H groups in total. The van der Waals surface area contributed by atoms with Crippen LogP contribution >= 0.6 is 0 Å². The third kappa shape index (κ3) is 4.02. The highest BCUT2D eigenvalue weighted by molar-refractivity contribution is 5.90. The van der Waals surface area contributed by atoms with E-state index in [4.69, 9.17) is 0 Å². The molecule has 1 amide bonds. The van der Waals surface area contributed by atoms with Crippen molar-refractivity contribution in [3.8, 4) is 0 Å². The van der Waals surface area contributed by atoms with E-state index in [1.54, 1.807) is 18.2 Å². The summed E-state index contributed by atoms with van der Waals surface area (Å²) in [6.45, 7) is 4.12. The van der Waals surface area contributed by atoms with E-state index in [-0.39, 0.29) is 17.7 Å². The average molecular weight is 280 g/mol. The van der Waals surface area contributed by atoms with E-state index in [1.807, 2.05) is 6.92 Å². The summed E-state index contributed by atoms with van der Waals surface area (Å²) in [4.78, 5) is 13.9.